The van der Waals surface area contributed by atoms with Crippen molar-refractivity contribution in [1.82, 2.24) is 15.0 Å². The first-order valence-corrected chi connectivity index (χ1v) is 7.37. The number of nitrogens with zero attached hydrogens (tertiary/aromatic N) is 3. The van der Waals surface area contributed by atoms with E-state index < -0.39 is 4.92 Å². The molecule has 4 aromatic rings. The molecule has 0 saturated carbocycles. The number of rotatable bonds is 3. The molecule has 6 nitrogen and oxygen atoms in total. The maximum Gasteiger partial charge on any atom is 0.287 e. The highest BCUT2D eigenvalue weighted by molar-refractivity contribution is 5.79. The van der Waals surface area contributed by atoms with Gasteiger partial charge in [0.05, 0.1) is 21.7 Å². The molecule has 0 aliphatic heterocycles. The van der Waals surface area contributed by atoms with E-state index in [1.54, 1.807) is 6.07 Å². The normalized spacial score (nSPS) is 10.8. The second kappa shape index (κ2) is 5.58. The fourth-order valence-electron chi connectivity index (χ4n) is 2.55. The lowest BCUT2D eigenvalue weighted by molar-refractivity contribution is -0.385. The second-order valence-corrected chi connectivity index (χ2v) is 5.34. The van der Waals surface area contributed by atoms with E-state index in [1.165, 1.54) is 12.3 Å². The Kier molecular flexibility index (Phi) is 3.28. The van der Waals surface area contributed by atoms with E-state index >= 15 is 0 Å². The number of hydrogen-bond donors (Lipinski definition) is 1. The molecule has 116 valence electrons. The number of benzene rings is 2. The summed E-state index contributed by atoms with van der Waals surface area (Å²) in [7, 11) is 0. The Balaban J connectivity index is 1.65. The van der Waals surface area contributed by atoms with Gasteiger partial charge in [-0.2, -0.15) is 0 Å². The summed E-state index contributed by atoms with van der Waals surface area (Å²) in [5, 5.41) is 10.7. The summed E-state index contributed by atoms with van der Waals surface area (Å²) in [5.41, 5.74) is 4.46. The highest BCUT2D eigenvalue weighted by Crippen LogP contribution is 2.24. The zero-order valence-corrected chi connectivity index (χ0v) is 12.5. The highest BCUT2D eigenvalue weighted by atomic mass is 16.6. The van der Waals surface area contributed by atoms with Crippen LogP contribution in [-0.2, 0) is 0 Å². The van der Waals surface area contributed by atoms with Crippen molar-refractivity contribution in [2.45, 2.75) is 0 Å². The van der Waals surface area contributed by atoms with Crippen molar-refractivity contribution in [3.05, 3.63) is 77.0 Å². The van der Waals surface area contributed by atoms with E-state index in [-0.39, 0.29) is 5.69 Å². The summed E-state index contributed by atoms with van der Waals surface area (Å²) in [5.74, 6) is 0.805. The maximum atomic E-state index is 10.7. The van der Waals surface area contributed by atoms with Crippen LogP contribution in [0.4, 0.5) is 5.69 Å². The Hall–Kier alpha value is -3.54. The van der Waals surface area contributed by atoms with Gasteiger partial charge in [-0.05, 0) is 18.2 Å². The average Bonchev–Trinajstić information content (AvgIpc) is 3.06. The van der Waals surface area contributed by atoms with E-state index in [4.69, 9.17) is 0 Å². The molecule has 0 bridgehead atoms. The van der Waals surface area contributed by atoms with E-state index in [9.17, 15) is 10.1 Å². The van der Waals surface area contributed by atoms with Gasteiger partial charge in [-0.25, -0.2) is 9.97 Å². The van der Waals surface area contributed by atoms with Crippen LogP contribution in [0.3, 0.4) is 0 Å². The van der Waals surface area contributed by atoms with E-state index in [2.05, 4.69) is 15.0 Å². The number of fused-ring (bicyclic) bond motifs is 1. The lowest BCUT2D eigenvalue weighted by atomic mass is 10.1. The molecule has 2 heterocycles. The number of imidazole rings is 1. The Morgan fingerprint density at radius 2 is 1.67 bits per heavy atom. The van der Waals surface area contributed by atoms with Gasteiger partial charge in [-0.1, -0.05) is 36.4 Å². The first kappa shape index (κ1) is 14.1. The molecule has 1 N–H and O–H groups in total. The van der Waals surface area contributed by atoms with Crippen molar-refractivity contribution in [2.75, 3.05) is 0 Å². The summed E-state index contributed by atoms with van der Waals surface area (Å²) in [6.45, 7) is 0. The molecule has 0 spiro atoms. The van der Waals surface area contributed by atoms with E-state index in [0.717, 1.165) is 28.0 Å². The highest BCUT2D eigenvalue weighted by Gasteiger charge is 2.08. The topological polar surface area (TPSA) is 84.7 Å². The Morgan fingerprint density at radius 1 is 0.917 bits per heavy atom. The van der Waals surface area contributed by atoms with Crippen molar-refractivity contribution >= 4 is 16.7 Å². The van der Waals surface area contributed by atoms with Crippen LogP contribution in [0.15, 0.2) is 66.9 Å². The molecular weight excluding hydrogens is 304 g/mol. The maximum absolute atomic E-state index is 10.7. The Bertz CT molecular complexity index is 988. The van der Waals surface area contributed by atoms with E-state index in [1.807, 2.05) is 48.5 Å². The minimum absolute atomic E-state index is 0.0161. The first-order chi connectivity index (χ1) is 11.7. The molecule has 0 aliphatic carbocycles. The molecule has 24 heavy (non-hydrogen) atoms. The number of pyridine rings is 1. The third-order valence-corrected chi connectivity index (χ3v) is 3.80. The number of hydrogen-bond acceptors (Lipinski definition) is 4. The zero-order valence-electron chi connectivity index (χ0n) is 12.5. The quantitative estimate of drug-likeness (QED) is 0.453. The van der Waals surface area contributed by atoms with Gasteiger partial charge >= 0.3 is 0 Å². The summed E-state index contributed by atoms with van der Waals surface area (Å²) in [6.07, 6.45) is 1.27. The molecule has 0 aliphatic rings. The fourth-order valence-corrected chi connectivity index (χ4v) is 2.55. The largest absolute Gasteiger partial charge is 0.338 e. The van der Waals surface area contributed by atoms with Gasteiger partial charge in [0, 0.05) is 17.2 Å². The van der Waals surface area contributed by atoms with Crippen LogP contribution >= 0.6 is 0 Å². The Morgan fingerprint density at radius 3 is 2.33 bits per heavy atom. The number of nitro groups is 1. The van der Waals surface area contributed by atoms with Crippen LogP contribution in [0.25, 0.3) is 33.7 Å². The van der Waals surface area contributed by atoms with Crippen LogP contribution < -0.4 is 0 Å². The fraction of sp³-hybridized carbons (Fsp3) is 0. The first-order valence-electron chi connectivity index (χ1n) is 7.37. The molecular formula is C18H12N4O2. The molecule has 6 heteroatoms. The number of H-pyrrole nitrogens is 1. The predicted octanol–water partition coefficient (Wildman–Crippen LogP) is 4.20. The SMILES string of the molecule is O=[N+]([O-])c1ccc(-c2ccc(-c3nc4ccccc4[nH]3)cc2)nc1. The van der Waals surface area contributed by atoms with Gasteiger partial charge in [-0.3, -0.25) is 10.1 Å². The zero-order chi connectivity index (χ0) is 16.5. The molecule has 0 amide bonds. The van der Waals surface area contributed by atoms with Gasteiger partial charge in [0.15, 0.2) is 0 Å². The lowest BCUT2D eigenvalue weighted by Crippen LogP contribution is -1.90. The summed E-state index contributed by atoms with van der Waals surface area (Å²) >= 11 is 0. The molecule has 2 aromatic carbocycles. The lowest BCUT2D eigenvalue weighted by Gasteiger charge is -2.02. The molecule has 4 rings (SSSR count). The van der Waals surface area contributed by atoms with Crippen molar-refractivity contribution in [2.24, 2.45) is 0 Å². The Labute approximate surface area is 137 Å². The minimum Gasteiger partial charge on any atom is -0.338 e. The number of nitrogens with one attached hydrogen (secondary N) is 1. The van der Waals surface area contributed by atoms with Crippen molar-refractivity contribution in [3.8, 4) is 22.6 Å². The van der Waals surface area contributed by atoms with Crippen molar-refractivity contribution in [1.29, 1.82) is 0 Å². The summed E-state index contributed by atoms with van der Waals surface area (Å²) in [4.78, 5) is 22.2. The van der Waals surface area contributed by atoms with Gasteiger partial charge in [0.25, 0.3) is 5.69 Å². The minimum atomic E-state index is -0.457. The van der Waals surface area contributed by atoms with Crippen LogP contribution in [0.2, 0.25) is 0 Å². The number of aromatic amines is 1. The van der Waals surface area contributed by atoms with Crippen LogP contribution in [-0.4, -0.2) is 19.9 Å². The second-order valence-electron chi connectivity index (χ2n) is 5.34. The number of para-hydroxylation sites is 2. The van der Waals surface area contributed by atoms with Crippen molar-refractivity contribution in [3.63, 3.8) is 0 Å². The average molecular weight is 316 g/mol. The van der Waals surface area contributed by atoms with Gasteiger partial charge in [-0.15, -0.1) is 0 Å². The van der Waals surface area contributed by atoms with E-state index in [0.29, 0.717) is 5.69 Å². The van der Waals surface area contributed by atoms with Crippen LogP contribution in [0.5, 0.6) is 0 Å². The monoisotopic (exact) mass is 316 g/mol. The standard InChI is InChI=1S/C18H12N4O2/c23-22(24)14-9-10-15(19-11-14)12-5-7-13(8-6-12)18-20-16-3-1-2-4-17(16)21-18/h1-11H,(H,20,21). The number of aromatic nitrogens is 3. The van der Waals surface area contributed by atoms with Crippen LogP contribution in [0.1, 0.15) is 0 Å². The third-order valence-electron chi connectivity index (χ3n) is 3.80. The summed E-state index contributed by atoms with van der Waals surface area (Å²) in [6, 6.07) is 18.7. The predicted molar refractivity (Wildman–Crippen MR) is 91.4 cm³/mol. The molecule has 0 fully saturated rings. The molecule has 0 saturated heterocycles. The molecule has 0 atom stereocenters. The molecule has 0 unspecified atom stereocenters. The summed E-state index contributed by atoms with van der Waals surface area (Å²) < 4.78 is 0. The third kappa shape index (κ3) is 2.50. The van der Waals surface area contributed by atoms with Crippen molar-refractivity contribution < 1.29 is 4.92 Å². The van der Waals surface area contributed by atoms with Gasteiger partial charge in [0.1, 0.15) is 12.0 Å². The van der Waals surface area contributed by atoms with Gasteiger partial charge < -0.3 is 4.98 Å². The van der Waals surface area contributed by atoms with Gasteiger partial charge in [0.2, 0.25) is 0 Å². The van der Waals surface area contributed by atoms with Crippen LogP contribution in [0, 0.1) is 10.1 Å². The molecule has 0 radical (unpaired) electrons. The smallest absolute Gasteiger partial charge is 0.287 e. The molecule has 2 aromatic heterocycles.